The number of aromatic nitrogens is 3. The van der Waals surface area contributed by atoms with E-state index in [4.69, 9.17) is 25.8 Å². The number of carbonyl (C=O) groups excluding carboxylic acids is 2. The lowest BCUT2D eigenvalue weighted by Gasteiger charge is -2.16. The average Bonchev–Trinajstić information content (AvgIpc) is 3.09. The second-order valence-electron chi connectivity index (χ2n) is 8.96. The van der Waals surface area contributed by atoms with Crippen LogP contribution in [0.5, 0.6) is 5.75 Å². The van der Waals surface area contributed by atoms with E-state index in [1.165, 1.54) is 29.7 Å². The van der Waals surface area contributed by atoms with E-state index in [9.17, 15) is 14.4 Å². The highest BCUT2D eigenvalue weighted by Gasteiger charge is 2.26. The monoisotopic (exact) mass is 505 g/mol. The van der Waals surface area contributed by atoms with Crippen LogP contribution in [0.2, 0.25) is 30.8 Å². The number of benzene rings is 1. The molecule has 2 heterocycles. The molecule has 0 N–H and O–H groups in total. The van der Waals surface area contributed by atoms with Crippen molar-refractivity contribution in [1.29, 1.82) is 0 Å². The molecule has 0 aliphatic heterocycles. The molecule has 0 saturated carbocycles. The fraction of sp³-hybridized carbons (Fsp3) is 0.391. The summed E-state index contributed by atoms with van der Waals surface area (Å²) in [4.78, 5) is 42.8. The quantitative estimate of drug-likeness (QED) is 0.178. The van der Waals surface area contributed by atoms with Crippen LogP contribution in [0.1, 0.15) is 20.7 Å². The zero-order valence-electron chi connectivity index (χ0n) is 19.9. The first-order chi connectivity index (χ1) is 16.1. The third-order valence-corrected chi connectivity index (χ3v) is 7.37. The van der Waals surface area contributed by atoms with Crippen LogP contribution in [-0.2, 0) is 22.7 Å². The standard InChI is InChI=1S/C23H28ClN3O6Si/c1-31-16-8-6-7-15(11-16)17(28)12-26-13-25-19-18(23(30)32-2)21(24)27(20(19)22(26)29)14-33-9-10-34(3,4)5/h6-8,11,13H,9-10,12,14H2,1-5H3. The lowest BCUT2D eigenvalue weighted by Crippen LogP contribution is -2.26. The molecule has 0 unspecified atom stereocenters. The largest absolute Gasteiger partial charge is 0.497 e. The zero-order chi connectivity index (χ0) is 25.0. The molecule has 3 rings (SSSR count). The number of hydrogen-bond donors (Lipinski definition) is 0. The van der Waals surface area contributed by atoms with Gasteiger partial charge >= 0.3 is 5.97 Å². The minimum atomic E-state index is -1.32. The maximum Gasteiger partial charge on any atom is 0.343 e. The molecule has 0 atom stereocenters. The van der Waals surface area contributed by atoms with E-state index in [0.717, 1.165) is 6.04 Å². The second-order valence-corrected chi connectivity index (χ2v) is 14.9. The summed E-state index contributed by atoms with van der Waals surface area (Å²) in [6, 6.07) is 7.58. The Morgan fingerprint density at radius 1 is 1.18 bits per heavy atom. The highest BCUT2D eigenvalue weighted by Crippen LogP contribution is 2.28. The number of rotatable bonds is 10. The van der Waals surface area contributed by atoms with Crippen molar-refractivity contribution >= 4 is 42.5 Å². The van der Waals surface area contributed by atoms with Gasteiger partial charge in [-0.25, -0.2) is 9.78 Å². The number of Topliss-reactive ketones (excluding diaryl/α,β-unsaturated/α-hetero) is 1. The molecule has 0 saturated heterocycles. The smallest absolute Gasteiger partial charge is 0.343 e. The molecule has 11 heteroatoms. The number of carbonyl (C=O) groups is 2. The third-order valence-electron chi connectivity index (χ3n) is 5.28. The topological polar surface area (TPSA) is 102 Å². The van der Waals surface area contributed by atoms with Crippen LogP contribution in [0.25, 0.3) is 11.0 Å². The summed E-state index contributed by atoms with van der Waals surface area (Å²) in [6.45, 7) is 6.88. The lowest BCUT2D eigenvalue weighted by molar-refractivity contribution is 0.0600. The van der Waals surface area contributed by atoms with Gasteiger partial charge < -0.3 is 18.8 Å². The number of esters is 1. The van der Waals surface area contributed by atoms with Crippen LogP contribution in [-0.4, -0.2) is 54.8 Å². The van der Waals surface area contributed by atoms with Crippen LogP contribution >= 0.6 is 11.6 Å². The number of halogens is 1. The van der Waals surface area contributed by atoms with Crippen LogP contribution in [0.3, 0.4) is 0 Å². The van der Waals surface area contributed by atoms with Crippen molar-refractivity contribution in [3.8, 4) is 5.75 Å². The third kappa shape index (κ3) is 5.57. The van der Waals surface area contributed by atoms with Gasteiger partial charge in [0.15, 0.2) is 5.78 Å². The van der Waals surface area contributed by atoms with Gasteiger partial charge in [0, 0.05) is 20.2 Å². The van der Waals surface area contributed by atoms with E-state index in [0.29, 0.717) is 17.9 Å². The molecule has 1 aromatic carbocycles. The van der Waals surface area contributed by atoms with Gasteiger partial charge in [-0.1, -0.05) is 43.4 Å². The first-order valence-electron chi connectivity index (χ1n) is 10.7. The Kier molecular flexibility index (Phi) is 7.96. The molecule has 0 bridgehead atoms. The summed E-state index contributed by atoms with van der Waals surface area (Å²) in [5.41, 5.74) is 0.0215. The molecule has 0 aliphatic carbocycles. The molecule has 0 aliphatic rings. The van der Waals surface area contributed by atoms with Crippen LogP contribution in [0, 0.1) is 0 Å². The van der Waals surface area contributed by atoms with E-state index in [-0.39, 0.29) is 40.8 Å². The minimum absolute atomic E-state index is 0.00340. The first kappa shape index (κ1) is 25.7. The summed E-state index contributed by atoms with van der Waals surface area (Å²) in [5, 5.41) is -0.00340. The minimum Gasteiger partial charge on any atom is -0.497 e. The number of methoxy groups -OCH3 is 2. The van der Waals surface area contributed by atoms with Crippen molar-refractivity contribution in [3.63, 3.8) is 0 Å². The number of hydrogen-bond acceptors (Lipinski definition) is 7. The van der Waals surface area contributed by atoms with E-state index in [1.54, 1.807) is 24.3 Å². The van der Waals surface area contributed by atoms with Crippen molar-refractivity contribution in [3.05, 3.63) is 57.2 Å². The van der Waals surface area contributed by atoms with E-state index < -0.39 is 19.6 Å². The van der Waals surface area contributed by atoms with Crippen molar-refractivity contribution in [2.24, 2.45) is 0 Å². The van der Waals surface area contributed by atoms with E-state index >= 15 is 0 Å². The Bertz CT molecular complexity index is 1280. The molecule has 0 amide bonds. The molecule has 0 radical (unpaired) electrons. The van der Waals surface area contributed by atoms with Gasteiger partial charge in [-0.15, -0.1) is 0 Å². The maximum absolute atomic E-state index is 13.4. The van der Waals surface area contributed by atoms with Crippen LogP contribution in [0.4, 0.5) is 0 Å². The molecular formula is C23H28ClN3O6Si. The van der Waals surface area contributed by atoms with E-state index in [1.807, 2.05) is 0 Å². The van der Waals surface area contributed by atoms with Gasteiger partial charge in [0.25, 0.3) is 5.56 Å². The van der Waals surface area contributed by atoms with E-state index in [2.05, 4.69) is 24.6 Å². The van der Waals surface area contributed by atoms with Crippen molar-refractivity contribution in [1.82, 2.24) is 14.1 Å². The van der Waals surface area contributed by atoms with Crippen LogP contribution < -0.4 is 10.3 Å². The number of fused-ring (bicyclic) bond motifs is 1. The summed E-state index contributed by atoms with van der Waals surface area (Å²) in [6.07, 6.45) is 1.22. The summed E-state index contributed by atoms with van der Waals surface area (Å²) < 4.78 is 18.4. The Balaban J connectivity index is 2.00. The predicted octanol–water partition coefficient (Wildman–Crippen LogP) is 3.84. The Morgan fingerprint density at radius 3 is 2.56 bits per heavy atom. The molecule has 182 valence electrons. The fourth-order valence-corrected chi connectivity index (χ4v) is 4.39. The SMILES string of the molecule is COC(=O)c1c(Cl)n(COCC[Si](C)(C)C)c2c(=O)n(CC(=O)c3cccc(OC)c3)cnc12. The highest BCUT2D eigenvalue weighted by atomic mass is 35.5. The van der Waals surface area contributed by atoms with Gasteiger partial charge in [-0.3, -0.25) is 14.2 Å². The highest BCUT2D eigenvalue weighted by molar-refractivity contribution is 6.76. The molecule has 9 nitrogen and oxygen atoms in total. The second kappa shape index (κ2) is 10.5. The lowest BCUT2D eigenvalue weighted by atomic mass is 10.1. The fourth-order valence-electron chi connectivity index (χ4n) is 3.33. The van der Waals surface area contributed by atoms with Gasteiger partial charge in [-0.2, -0.15) is 0 Å². The summed E-state index contributed by atoms with van der Waals surface area (Å²) in [5.74, 6) is -0.482. The maximum atomic E-state index is 13.4. The molecule has 0 spiro atoms. The predicted molar refractivity (Wildman–Crippen MR) is 132 cm³/mol. The Hall–Kier alpha value is -2.95. The Morgan fingerprint density at radius 2 is 1.91 bits per heavy atom. The number of ketones is 1. The van der Waals surface area contributed by atoms with Crippen molar-refractivity contribution in [2.45, 2.75) is 39.0 Å². The molecule has 2 aromatic heterocycles. The molecule has 3 aromatic rings. The first-order valence-corrected chi connectivity index (χ1v) is 14.8. The molecule has 34 heavy (non-hydrogen) atoms. The van der Waals surface area contributed by atoms with Gasteiger partial charge in [-0.05, 0) is 18.2 Å². The average molecular weight is 506 g/mol. The van der Waals surface area contributed by atoms with Crippen molar-refractivity contribution < 1.29 is 23.8 Å². The Labute approximate surface area is 203 Å². The molecular weight excluding hydrogens is 478 g/mol. The van der Waals surface area contributed by atoms with Gasteiger partial charge in [0.2, 0.25) is 0 Å². The normalized spacial score (nSPS) is 11.6. The van der Waals surface area contributed by atoms with Gasteiger partial charge in [0.05, 0.1) is 27.1 Å². The summed E-state index contributed by atoms with van der Waals surface area (Å²) in [7, 11) is 1.41. The zero-order valence-corrected chi connectivity index (χ0v) is 21.6. The number of ether oxygens (including phenoxy) is 3. The van der Waals surface area contributed by atoms with Crippen LogP contribution in [0.15, 0.2) is 35.4 Å². The van der Waals surface area contributed by atoms with Gasteiger partial charge in [0.1, 0.15) is 34.2 Å². The summed E-state index contributed by atoms with van der Waals surface area (Å²) >= 11 is 6.48. The van der Waals surface area contributed by atoms with Crippen molar-refractivity contribution in [2.75, 3.05) is 20.8 Å². The molecule has 0 fully saturated rings. The number of nitrogens with zero attached hydrogens (tertiary/aromatic N) is 3.